The minimum Gasteiger partial charge on any atom is -0.496 e. The topological polar surface area (TPSA) is 78.9 Å². The zero-order chi connectivity index (χ0) is 15.6. The summed E-state index contributed by atoms with van der Waals surface area (Å²) in [6, 6.07) is 2.72. The largest absolute Gasteiger partial charge is 0.534 e. The molecule has 0 atom stereocenters. The molecule has 1 rings (SSSR count). The Kier molecular flexibility index (Phi) is 4.48. The van der Waals surface area contributed by atoms with Gasteiger partial charge in [-0.05, 0) is 12.1 Å². The first-order valence-corrected chi connectivity index (χ1v) is 6.30. The van der Waals surface area contributed by atoms with E-state index in [9.17, 15) is 26.4 Å². The number of carbonyl (C=O) groups excluding carboxylic acids is 1. The molecule has 0 bridgehead atoms. The molecule has 112 valence electrons. The Balaban J connectivity index is 3.15. The van der Waals surface area contributed by atoms with E-state index in [0.717, 1.165) is 32.4 Å². The quantitative estimate of drug-likeness (QED) is 0.478. The number of esters is 1. The highest BCUT2D eigenvalue weighted by atomic mass is 32.2. The van der Waals surface area contributed by atoms with Crippen molar-refractivity contribution in [1.82, 2.24) is 0 Å². The monoisotopic (exact) mass is 314 g/mol. The number of rotatable bonds is 4. The summed E-state index contributed by atoms with van der Waals surface area (Å²) in [6.07, 6.45) is 0. The maximum Gasteiger partial charge on any atom is 0.534 e. The van der Waals surface area contributed by atoms with Crippen LogP contribution in [0.2, 0.25) is 0 Å². The lowest BCUT2D eigenvalue weighted by Crippen LogP contribution is -2.28. The summed E-state index contributed by atoms with van der Waals surface area (Å²) in [4.78, 5) is 11.3. The zero-order valence-corrected chi connectivity index (χ0v) is 11.0. The van der Waals surface area contributed by atoms with Crippen molar-refractivity contribution < 1.29 is 40.0 Å². The third kappa shape index (κ3) is 3.32. The maximum atomic E-state index is 12.1. The molecule has 10 heteroatoms. The second-order valence-corrected chi connectivity index (χ2v) is 4.87. The van der Waals surface area contributed by atoms with Gasteiger partial charge in [-0.2, -0.15) is 21.6 Å². The molecule has 1 aromatic rings. The summed E-state index contributed by atoms with van der Waals surface area (Å²) < 4.78 is 71.1. The Morgan fingerprint density at radius 3 is 2.25 bits per heavy atom. The average Bonchev–Trinajstić information content (AvgIpc) is 2.35. The van der Waals surface area contributed by atoms with Crippen molar-refractivity contribution in [2.75, 3.05) is 14.2 Å². The average molecular weight is 314 g/mol. The van der Waals surface area contributed by atoms with Crippen LogP contribution in [0.3, 0.4) is 0 Å². The van der Waals surface area contributed by atoms with Gasteiger partial charge in [-0.1, -0.05) is 0 Å². The van der Waals surface area contributed by atoms with Gasteiger partial charge in [0, 0.05) is 6.07 Å². The molecule has 0 spiro atoms. The number of alkyl halides is 3. The van der Waals surface area contributed by atoms with Crippen molar-refractivity contribution in [3.05, 3.63) is 23.8 Å². The van der Waals surface area contributed by atoms with Crippen molar-refractivity contribution in [2.45, 2.75) is 5.51 Å². The van der Waals surface area contributed by atoms with Crippen LogP contribution in [0.25, 0.3) is 0 Å². The van der Waals surface area contributed by atoms with E-state index in [-0.39, 0.29) is 11.3 Å². The molecule has 20 heavy (non-hydrogen) atoms. The van der Waals surface area contributed by atoms with Crippen LogP contribution in [0, 0.1) is 0 Å². The van der Waals surface area contributed by atoms with Crippen LogP contribution in [-0.2, 0) is 14.9 Å². The number of ether oxygens (including phenoxy) is 2. The third-order valence-corrected chi connectivity index (χ3v) is 3.05. The standard InChI is InChI=1S/C10H9F3O6S/c1-17-8-5-6(3-4-7(8)9(14)18-2)19-20(15,16)10(11,12)13/h3-5H,1-2H3. The summed E-state index contributed by atoms with van der Waals surface area (Å²) in [5.74, 6) is -1.63. The highest BCUT2D eigenvalue weighted by Gasteiger charge is 2.48. The molecule has 0 saturated carbocycles. The normalized spacial score (nSPS) is 11.8. The molecule has 0 aliphatic rings. The molecule has 6 nitrogen and oxygen atoms in total. The first-order chi connectivity index (χ1) is 9.12. The predicted molar refractivity (Wildman–Crippen MR) is 59.9 cm³/mol. The highest BCUT2D eigenvalue weighted by molar-refractivity contribution is 7.88. The molecule has 0 N–H and O–H groups in total. The van der Waals surface area contributed by atoms with Crippen LogP contribution in [0.5, 0.6) is 11.5 Å². The van der Waals surface area contributed by atoms with Crippen molar-refractivity contribution in [2.24, 2.45) is 0 Å². The fraction of sp³-hybridized carbons (Fsp3) is 0.300. The summed E-state index contributed by atoms with van der Waals surface area (Å²) in [6.45, 7) is 0. The van der Waals surface area contributed by atoms with Gasteiger partial charge >= 0.3 is 21.6 Å². The molecular weight excluding hydrogens is 305 g/mol. The van der Waals surface area contributed by atoms with Gasteiger partial charge in [0.15, 0.2) is 0 Å². The highest BCUT2D eigenvalue weighted by Crippen LogP contribution is 2.30. The summed E-state index contributed by atoms with van der Waals surface area (Å²) in [5.41, 5.74) is -5.65. The van der Waals surface area contributed by atoms with Gasteiger partial charge in [-0.3, -0.25) is 0 Å². The molecule has 1 aromatic carbocycles. The van der Waals surface area contributed by atoms with Gasteiger partial charge in [0.05, 0.1) is 14.2 Å². The number of hydrogen-bond acceptors (Lipinski definition) is 6. The summed E-state index contributed by atoms with van der Waals surface area (Å²) >= 11 is 0. The van der Waals surface area contributed by atoms with E-state index in [1.807, 2.05) is 0 Å². The van der Waals surface area contributed by atoms with Gasteiger partial charge in [0.1, 0.15) is 17.1 Å². The number of methoxy groups -OCH3 is 2. The molecule has 0 aromatic heterocycles. The zero-order valence-electron chi connectivity index (χ0n) is 10.2. The lowest BCUT2D eigenvalue weighted by Gasteiger charge is -2.11. The maximum absolute atomic E-state index is 12.1. The lowest BCUT2D eigenvalue weighted by atomic mass is 10.2. The molecular formula is C10H9F3O6S. The van der Waals surface area contributed by atoms with Crippen molar-refractivity contribution in [3.63, 3.8) is 0 Å². The fourth-order valence-electron chi connectivity index (χ4n) is 1.18. The first kappa shape index (κ1) is 16.1. The fourth-order valence-corrected chi connectivity index (χ4v) is 1.63. The summed E-state index contributed by atoms with van der Waals surface area (Å²) in [5, 5.41) is 0. The van der Waals surface area contributed by atoms with Crippen LogP contribution in [0.4, 0.5) is 13.2 Å². The van der Waals surface area contributed by atoms with Gasteiger partial charge in [-0.25, -0.2) is 4.79 Å². The van der Waals surface area contributed by atoms with E-state index in [1.54, 1.807) is 0 Å². The van der Waals surface area contributed by atoms with E-state index < -0.39 is 27.3 Å². The molecule has 0 saturated heterocycles. The van der Waals surface area contributed by atoms with Crippen LogP contribution in [0.15, 0.2) is 18.2 Å². The predicted octanol–water partition coefficient (Wildman–Crippen LogP) is 1.71. The number of hydrogen-bond donors (Lipinski definition) is 0. The minimum atomic E-state index is -5.79. The third-order valence-electron chi connectivity index (χ3n) is 2.07. The van der Waals surface area contributed by atoms with Crippen LogP contribution in [0.1, 0.15) is 10.4 Å². The molecule has 0 radical (unpaired) electrons. The minimum absolute atomic E-state index is 0.0910. The van der Waals surface area contributed by atoms with E-state index in [1.165, 1.54) is 0 Å². The molecule has 0 amide bonds. The smallest absolute Gasteiger partial charge is 0.496 e. The molecule has 0 heterocycles. The lowest BCUT2D eigenvalue weighted by molar-refractivity contribution is -0.0500. The SMILES string of the molecule is COC(=O)c1ccc(OS(=O)(=O)C(F)(F)F)cc1OC. The van der Waals surface area contributed by atoms with Crippen molar-refractivity contribution in [1.29, 1.82) is 0 Å². The Morgan fingerprint density at radius 2 is 1.80 bits per heavy atom. The van der Waals surface area contributed by atoms with Crippen LogP contribution >= 0.6 is 0 Å². The second kappa shape index (κ2) is 5.57. The Labute approximate surface area is 112 Å². The van der Waals surface area contributed by atoms with E-state index in [2.05, 4.69) is 8.92 Å². The number of benzene rings is 1. The van der Waals surface area contributed by atoms with E-state index in [4.69, 9.17) is 4.74 Å². The first-order valence-electron chi connectivity index (χ1n) is 4.89. The van der Waals surface area contributed by atoms with E-state index >= 15 is 0 Å². The van der Waals surface area contributed by atoms with Crippen molar-refractivity contribution in [3.8, 4) is 11.5 Å². The van der Waals surface area contributed by atoms with Gasteiger partial charge < -0.3 is 13.7 Å². The molecule has 0 aliphatic heterocycles. The number of halogens is 3. The van der Waals surface area contributed by atoms with Gasteiger partial charge in [0.25, 0.3) is 0 Å². The molecule has 0 unspecified atom stereocenters. The van der Waals surface area contributed by atoms with Gasteiger partial charge in [-0.15, -0.1) is 0 Å². The Morgan fingerprint density at radius 1 is 1.20 bits per heavy atom. The van der Waals surface area contributed by atoms with Crippen LogP contribution < -0.4 is 8.92 Å². The molecule has 0 fully saturated rings. The number of carbonyl (C=O) groups is 1. The Hall–Kier alpha value is -1.97. The Bertz CT molecular complexity index is 608. The molecule has 0 aliphatic carbocycles. The second-order valence-electron chi connectivity index (χ2n) is 3.34. The summed E-state index contributed by atoms with van der Waals surface area (Å²) in [7, 11) is -3.55. The van der Waals surface area contributed by atoms with E-state index in [0.29, 0.717) is 0 Å². The van der Waals surface area contributed by atoms with Crippen LogP contribution in [-0.4, -0.2) is 34.1 Å². The van der Waals surface area contributed by atoms with Gasteiger partial charge in [0.2, 0.25) is 0 Å². The van der Waals surface area contributed by atoms with Crippen molar-refractivity contribution >= 4 is 16.1 Å².